The summed E-state index contributed by atoms with van der Waals surface area (Å²) in [6, 6.07) is 0. The second kappa shape index (κ2) is 5.16. The minimum absolute atomic E-state index is 0.0445. The van der Waals surface area contributed by atoms with Crippen LogP contribution in [0.3, 0.4) is 0 Å². The summed E-state index contributed by atoms with van der Waals surface area (Å²) in [5, 5.41) is 9.57. The van der Waals surface area contributed by atoms with Crippen molar-refractivity contribution in [3.05, 3.63) is 19.8 Å². The summed E-state index contributed by atoms with van der Waals surface area (Å²) in [5.74, 6) is -0.0852. The number of rotatable bonds is 0. The molecule has 0 saturated carbocycles. The molecule has 0 aromatic heterocycles. The van der Waals surface area contributed by atoms with Crippen LogP contribution in [0.1, 0.15) is 5.56 Å². The third-order valence-electron chi connectivity index (χ3n) is 1.52. The molecule has 0 fully saturated rings. The number of alkyl halides is 3. The molecule has 8 heteroatoms. The molecular formula is C7HF3I4O. The van der Waals surface area contributed by atoms with Crippen LogP contribution in [-0.2, 0) is 6.18 Å². The van der Waals surface area contributed by atoms with Crippen LogP contribution in [0.5, 0.6) is 5.75 Å². The van der Waals surface area contributed by atoms with E-state index in [1.165, 1.54) is 0 Å². The van der Waals surface area contributed by atoms with Crippen LogP contribution in [0, 0.1) is 14.3 Å². The van der Waals surface area contributed by atoms with E-state index in [4.69, 9.17) is 0 Å². The summed E-state index contributed by atoms with van der Waals surface area (Å²) in [6.45, 7) is 0. The Kier molecular flexibility index (Phi) is 5.08. The summed E-state index contributed by atoms with van der Waals surface area (Å²) < 4.78 is 38.7. The van der Waals surface area contributed by atoms with Crippen LogP contribution >= 0.6 is 90.4 Å². The van der Waals surface area contributed by atoms with Crippen molar-refractivity contribution in [1.82, 2.24) is 0 Å². The molecule has 0 radical (unpaired) electrons. The van der Waals surface area contributed by atoms with Crippen LogP contribution in [-0.4, -0.2) is 5.11 Å². The maximum Gasteiger partial charge on any atom is 0.418 e. The lowest BCUT2D eigenvalue weighted by Gasteiger charge is -2.15. The molecular weight excluding hydrogens is 665 g/mol. The van der Waals surface area contributed by atoms with E-state index in [2.05, 4.69) is 0 Å². The Hall–Kier alpha value is 1.73. The fourth-order valence-electron chi connectivity index (χ4n) is 0.869. The predicted molar refractivity (Wildman–Crippen MR) is 84.0 cm³/mol. The van der Waals surface area contributed by atoms with Gasteiger partial charge in [-0.15, -0.1) is 0 Å². The highest BCUT2D eigenvalue weighted by molar-refractivity contribution is 14.1. The average molecular weight is 666 g/mol. The maximum atomic E-state index is 12.7. The Bertz CT molecular complexity index is 387. The van der Waals surface area contributed by atoms with Gasteiger partial charge >= 0.3 is 6.18 Å². The van der Waals surface area contributed by atoms with Crippen LogP contribution in [0.2, 0.25) is 0 Å². The Balaban J connectivity index is 3.68. The Morgan fingerprint density at radius 3 is 1.40 bits per heavy atom. The maximum absolute atomic E-state index is 12.7. The highest BCUT2D eigenvalue weighted by atomic mass is 127. The molecule has 0 aliphatic carbocycles. The standard InChI is InChI=1S/C7HF3I4O/c8-7(9,10)1-2(11)4(13)6(15)5(14)3(1)12/h15H. The lowest BCUT2D eigenvalue weighted by Crippen LogP contribution is -2.13. The second-order valence-electron chi connectivity index (χ2n) is 2.48. The molecule has 0 spiro atoms. The molecule has 1 aromatic rings. The molecule has 1 rings (SSSR count). The van der Waals surface area contributed by atoms with E-state index < -0.39 is 11.7 Å². The van der Waals surface area contributed by atoms with Crippen molar-refractivity contribution in [3.8, 4) is 5.75 Å². The van der Waals surface area contributed by atoms with Gasteiger partial charge in [-0.25, -0.2) is 0 Å². The van der Waals surface area contributed by atoms with Gasteiger partial charge in [0.15, 0.2) is 0 Å². The summed E-state index contributed by atoms with van der Waals surface area (Å²) >= 11 is 6.63. The summed E-state index contributed by atoms with van der Waals surface area (Å²) in [4.78, 5) is 0. The molecule has 1 aromatic carbocycles. The van der Waals surface area contributed by atoms with Crippen LogP contribution in [0.25, 0.3) is 0 Å². The smallest absolute Gasteiger partial charge is 0.418 e. The van der Waals surface area contributed by atoms with E-state index in [0.717, 1.165) is 0 Å². The van der Waals surface area contributed by atoms with Crippen molar-refractivity contribution in [2.75, 3.05) is 0 Å². The highest BCUT2D eigenvalue weighted by Gasteiger charge is 2.38. The van der Waals surface area contributed by atoms with Crippen LogP contribution < -0.4 is 0 Å². The summed E-state index contributed by atoms with van der Waals surface area (Å²) in [6.07, 6.45) is -4.39. The molecule has 0 atom stereocenters. The van der Waals surface area contributed by atoms with Gasteiger partial charge < -0.3 is 5.11 Å². The second-order valence-corrected chi connectivity index (χ2v) is 6.79. The molecule has 0 amide bonds. The van der Waals surface area contributed by atoms with Crippen molar-refractivity contribution in [2.45, 2.75) is 6.18 Å². The number of hydrogen-bond donors (Lipinski definition) is 1. The minimum Gasteiger partial charge on any atom is -0.506 e. The van der Waals surface area contributed by atoms with Gasteiger partial charge in [0.1, 0.15) is 5.75 Å². The SMILES string of the molecule is Oc1c(I)c(I)c(C(F)(F)F)c(I)c1I. The third-order valence-corrected chi connectivity index (χ3v) is 7.85. The zero-order valence-electron chi connectivity index (χ0n) is 6.59. The van der Waals surface area contributed by atoms with Crippen LogP contribution in [0.4, 0.5) is 13.2 Å². The lowest BCUT2D eigenvalue weighted by molar-refractivity contribution is -0.139. The van der Waals surface area contributed by atoms with Crippen LogP contribution in [0.15, 0.2) is 0 Å². The summed E-state index contributed by atoms with van der Waals surface area (Å²) in [7, 11) is 0. The van der Waals surface area contributed by atoms with Gasteiger partial charge in [0.25, 0.3) is 0 Å². The Morgan fingerprint density at radius 2 is 1.13 bits per heavy atom. The number of phenolic OH excluding ortho intramolecular Hbond substituents is 1. The normalized spacial score (nSPS) is 11.9. The van der Waals surface area contributed by atoms with E-state index in [1.54, 1.807) is 90.4 Å². The molecule has 0 saturated heterocycles. The van der Waals surface area contributed by atoms with Crippen molar-refractivity contribution < 1.29 is 18.3 Å². The number of halogens is 7. The molecule has 0 unspecified atom stereocenters. The van der Waals surface area contributed by atoms with E-state index in [0.29, 0.717) is 0 Å². The first kappa shape index (κ1) is 14.8. The first-order valence-electron chi connectivity index (χ1n) is 3.30. The van der Waals surface area contributed by atoms with Crippen molar-refractivity contribution in [3.63, 3.8) is 0 Å². The molecule has 1 nitrogen and oxygen atoms in total. The first-order valence-corrected chi connectivity index (χ1v) is 7.61. The van der Waals surface area contributed by atoms with Gasteiger partial charge in [0, 0.05) is 7.14 Å². The average Bonchev–Trinajstić information content (AvgIpc) is 2.09. The molecule has 15 heavy (non-hydrogen) atoms. The highest BCUT2D eigenvalue weighted by Crippen LogP contribution is 2.43. The number of phenols is 1. The van der Waals surface area contributed by atoms with E-state index >= 15 is 0 Å². The third kappa shape index (κ3) is 2.95. The van der Waals surface area contributed by atoms with Gasteiger partial charge in [-0.3, -0.25) is 0 Å². The molecule has 0 bridgehead atoms. The van der Waals surface area contributed by atoms with Gasteiger partial charge in [0.05, 0.1) is 12.7 Å². The van der Waals surface area contributed by atoms with E-state index in [1.807, 2.05) is 0 Å². The molecule has 0 aliphatic rings. The number of aromatic hydroxyl groups is 1. The van der Waals surface area contributed by atoms with E-state index in [9.17, 15) is 18.3 Å². The summed E-state index contributed by atoms with van der Waals surface area (Å²) in [5.41, 5.74) is -0.671. The first-order chi connectivity index (χ1) is 6.68. The van der Waals surface area contributed by atoms with Gasteiger partial charge in [0.2, 0.25) is 0 Å². The number of benzene rings is 1. The van der Waals surface area contributed by atoms with E-state index in [-0.39, 0.29) is 20.0 Å². The topological polar surface area (TPSA) is 20.2 Å². The Morgan fingerprint density at radius 1 is 0.800 bits per heavy atom. The molecule has 84 valence electrons. The van der Waals surface area contributed by atoms with Crippen molar-refractivity contribution in [1.29, 1.82) is 0 Å². The van der Waals surface area contributed by atoms with Crippen molar-refractivity contribution in [2.24, 2.45) is 0 Å². The molecule has 0 aliphatic heterocycles. The quantitative estimate of drug-likeness (QED) is 0.311. The zero-order valence-corrected chi connectivity index (χ0v) is 15.2. The zero-order chi connectivity index (χ0) is 12.0. The largest absolute Gasteiger partial charge is 0.506 e. The van der Waals surface area contributed by atoms with Gasteiger partial charge in [-0.05, 0) is 90.4 Å². The fourth-order valence-corrected chi connectivity index (χ4v) is 4.64. The van der Waals surface area contributed by atoms with Gasteiger partial charge in [-0.2, -0.15) is 13.2 Å². The Labute approximate surface area is 138 Å². The molecule has 0 heterocycles. The minimum atomic E-state index is -4.39. The number of hydrogen-bond acceptors (Lipinski definition) is 1. The molecule has 1 N–H and O–H groups in total. The van der Waals surface area contributed by atoms with Crippen molar-refractivity contribution >= 4 is 90.4 Å². The lowest BCUT2D eigenvalue weighted by atomic mass is 10.2. The monoisotopic (exact) mass is 666 g/mol. The fraction of sp³-hybridized carbons (Fsp3) is 0.143. The van der Waals surface area contributed by atoms with Gasteiger partial charge in [-0.1, -0.05) is 0 Å². The predicted octanol–water partition coefficient (Wildman–Crippen LogP) is 4.83.